The molecule has 1 aliphatic rings. The van der Waals surface area contributed by atoms with Crippen LogP contribution in [0.5, 0.6) is 0 Å². The second-order valence-electron chi connectivity index (χ2n) is 3.63. The maximum absolute atomic E-state index is 10.9. The first-order chi connectivity index (χ1) is 7.29. The number of carbonyl (C=O) groups is 1. The number of H-pyrrole nitrogens is 1. The van der Waals surface area contributed by atoms with Crippen LogP contribution in [0.1, 0.15) is 31.0 Å². The van der Waals surface area contributed by atoms with E-state index < -0.39 is 0 Å². The number of rotatable bonds is 3. The Kier molecular flexibility index (Phi) is 2.96. The number of nitrogens with one attached hydrogen (secondary N) is 3. The predicted octanol–water partition coefficient (Wildman–Crippen LogP) is -0.482. The van der Waals surface area contributed by atoms with Crippen LogP contribution >= 0.6 is 0 Å². The molecule has 1 aliphatic heterocycles. The molecule has 82 valence electrons. The molecule has 15 heavy (non-hydrogen) atoms. The van der Waals surface area contributed by atoms with Crippen molar-refractivity contribution in [2.24, 2.45) is 0 Å². The summed E-state index contributed by atoms with van der Waals surface area (Å²) >= 11 is 0. The van der Waals surface area contributed by atoms with Crippen molar-refractivity contribution in [3.05, 3.63) is 11.6 Å². The third-order valence-electron chi connectivity index (χ3n) is 2.36. The van der Waals surface area contributed by atoms with Crippen LogP contribution < -0.4 is 10.6 Å². The van der Waals surface area contributed by atoms with Gasteiger partial charge in [0.1, 0.15) is 5.82 Å². The van der Waals surface area contributed by atoms with E-state index in [1.54, 1.807) is 0 Å². The quantitative estimate of drug-likeness (QED) is 0.627. The summed E-state index contributed by atoms with van der Waals surface area (Å²) in [6.07, 6.45) is 1.95. The van der Waals surface area contributed by atoms with Crippen LogP contribution in [0.4, 0.5) is 0 Å². The van der Waals surface area contributed by atoms with E-state index in [0.29, 0.717) is 13.1 Å². The average Bonchev–Trinajstić information content (AvgIpc) is 2.68. The molecule has 1 aromatic heterocycles. The maximum Gasteiger partial charge on any atom is 0.234 e. The number of piperazine rings is 1. The van der Waals surface area contributed by atoms with E-state index in [0.717, 1.165) is 24.5 Å². The van der Waals surface area contributed by atoms with Gasteiger partial charge in [-0.3, -0.25) is 15.2 Å². The van der Waals surface area contributed by atoms with Gasteiger partial charge in [0.25, 0.3) is 0 Å². The van der Waals surface area contributed by atoms with E-state index >= 15 is 0 Å². The SMILES string of the molecule is CCCc1nc(C2CNC(=O)CN2)n[nH]1. The first-order valence-electron chi connectivity index (χ1n) is 5.21. The zero-order chi connectivity index (χ0) is 10.7. The summed E-state index contributed by atoms with van der Waals surface area (Å²) in [6, 6.07) is 0.0320. The number of carbonyl (C=O) groups excluding carboxylic acids is 1. The molecule has 0 saturated carbocycles. The van der Waals surface area contributed by atoms with Crippen molar-refractivity contribution in [3.63, 3.8) is 0 Å². The van der Waals surface area contributed by atoms with Crippen LogP contribution in [-0.2, 0) is 11.2 Å². The van der Waals surface area contributed by atoms with Crippen LogP contribution in [-0.4, -0.2) is 34.2 Å². The number of aryl methyl sites for hydroxylation is 1. The van der Waals surface area contributed by atoms with Gasteiger partial charge in [0, 0.05) is 13.0 Å². The van der Waals surface area contributed by atoms with E-state index in [1.807, 2.05) is 0 Å². The molecule has 6 heteroatoms. The Balaban J connectivity index is 1.99. The van der Waals surface area contributed by atoms with Gasteiger partial charge >= 0.3 is 0 Å². The summed E-state index contributed by atoms with van der Waals surface area (Å²) in [7, 11) is 0. The molecule has 0 aromatic carbocycles. The highest BCUT2D eigenvalue weighted by Crippen LogP contribution is 2.09. The Morgan fingerprint density at radius 3 is 3.07 bits per heavy atom. The van der Waals surface area contributed by atoms with Crippen LogP contribution in [0, 0.1) is 0 Å². The van der Waals surface area contributed by atoms with E-state index in [-0.39, 0.29) is 11.9 Å². The lowest BCUT2D eigenvalue weighted by Gasteiger charge is -2.21. The summed E-state index contributed by atoms with van der Waals surface area (Å²) in [5.74, 6) is 1.67. The van der Waals surface area contributed by atoms with Gasteiger partial charge in [0.05, 0.1) is 12.6 Å². The third kappa shape index (κ3) is 2.33. The highest BCUT2D eigenvalue weighted by atomic mass is 16.2. The molecule has 1 unspecified atom stereocenters. The molecule has 1 atom stereocenters. The highest BCUT2D eigenvalue weighted by molar-refractivity contribution is 5.78. The first-order valence-corrected chi connectivity index (χ1v) is 5.21. The van der Waals surface area contributed by atoms with Gasteiger partial charge in [-0.15, -0.1) is 0 Å². The predicted molar refractivity (Wildman–Crippen MR) is 54.1 cm³/mol. The van der Waals surface area contributed by atoms with E-state index in [2.05, 4.69) is 32.7 Å². The Morgan fingerprint density at radius 1 is 1.53 bits per heavy atom. The van der Waals surface area contributed by atoms with Crippen LogP contribution in [0.3, 0.4) is 0 Å². The highest BCUT2D eigenvalue weighted by Gasteiger charge is 2.21. The molecule has 0 aliphatic carbocycles. The minimum absolute atomic E-state index is 0.0237. The smallest absolute Gasteiger partial charge is 0.234 e. The molecular weight excluding hydrogens is 194 g/mol. The maximum atomic E-state index is 10.9. The van der Waals surface area contributed by atoms with Crippen molar-refractivity contribution in [2.75, 3.05) is 13.1 Å². The molecule has 0 radical (unpaired) electrons. The molecule has 6 nitrogen and oxygen atoms in total. The van der Waals surface area contributed by atoms with Crippen molar-refractivity contribution in [3.8, 4) is 0 Å². The fourth-order valence-electron chi connectivity index (χ4n) is 1.56. The van der Waals surface area contributed by atoms with Crippen molar-refractivity contribution in [2.45, 2.75) is 25.8 Å². The van der Waals surface area contributed by atoms with Gasteiger partial charge in [-0.25, -0.2) is 4.98 Å². The summed E-state index contributed by atoms with van der Waals surface area (Å²) in [6.45, 7) is 2.99. The summed E-state index contributed by atoms with van der Waals surface area (Å²) in [5, 5.41) is 12.9. The van der Waals surface area contributed by atoms with E-state index in [1.165, 1.54) is 0 Å². The van der Waals surface area contributed by atoms with Crippen LogP contribution in [0.2, 0.25) is 0 Å². The molecule has 1 fully saturated rings. The summed E-state index contributed by atoms with van der Waals surface area (Å²) < 4.78 is 0. The monoisotopic (exact) mass is 209 g/mol. The molecule has 1 amide bonds. The van der Waals surface area contributed by atoms with Gasteiger partial charge < -0.3 is 5.32 Å². The molecule has 0 spiro atoms. The zero-order valence-electron chi connectivity index (χ0n) is 8.71. The number of nitrogens with zero attached hydrogens (tertiary/aromatic N) is 2. The third-order valence-corrected chi connectivity index (χ3v) is 2.36. The van der Waals surface area contributed by atoms with Crippen molar-refractivity contribution >= 4 is 5.91 Å². The van der Waals surface area contributed by atoms with E-state index in [9.17, 15) is 4.79 Å². The van der Waals surface area contributed by atoms with Crippen molar-refractivity contribution in [1.29, 1.82) is 0 Å². The molecular formula is C9H15N5O. The summed E-state index contributed by atoms with van der Waals surface area (Å²) in [4.78, 5) is 15.3. The fraction of sp³-hybridized carbons (Fsp3) is 0.667. The second kappa shape index (κ2) is 4.39. The van der Waals surface area contributed by atoms with Crippen molar-refractivity contribution in [1.82, 2.24) is 25.8 Å². The van der Waals surface area contributed by atoms with E-state index in [4.69, 9.17) is 0 Å². The second-order valence-corrected chi connectivity index (χ2v) is 3.63. The Bertz CT molecular complexity index is 338. The van der Waals surface area contributed by atoms with Gasteiger partial charge in [-0.05, 0) is 6.42 Å². The number of amides is 1. The molecule has 2 rings (SSSR count). The normalized spacial score (nSPS) is 21.4. The fourth-order valence-corrected chi connectivity index (χ4v) is 1.56. The zero-order valence-corrected chi connectivity index (χ0v) is 8.71. The van der Waals surface area contributed by atoms with Gasteiger partial charge in [0.2, 0.25) is 5.91 Å². The standard InChI is InChI=1S/C9H15N5O/c1-2-3-7-12-9(14-13-7)6-4-11-8(15)5-10-6/h6,10H,2-5H2,1H3,(H,11,15)(H,12,13,14). The topological polar surface area (TPSA) is 82.7 Å². The number of hydrogen-bond acceptors (Lipinski definition) is 4. The number of aromatic nitrogens is 3. The van der Waals surface area contributed by atoms with Crippen LogP contribution in [0.15, 0.2) is 0 Å². The minimum Gasteiger partial charge on any atom is -0.353 e. The molecule has 3 N–H and O–H groups in total. The lowest BCUT2D eigenvalue weighted by Crippen LogP contribution is -2.47. The lowest BCUT2D eigenvalue weighted by molar-refractivity contribution is -0.121. The molecule has 1 aromatic rings. The van der Waals surface area contributed by atoms with Gasteiger partial charge in [-0.2, -0.15) is 5.10 Å². The molecule has 1 saturated heterocycles. The summed E-state index contributed by atoms with van der Waals surface area (Å²) in [5.41, 5.74) is 0. The Hall–Kier alpha value is -1.43. The van der Waals surface area contributed by atoms with Crippen LogP contribution in [0.25, 0.3) is 0 Å². The molecule has 2 heterocycles. The Morgan fingerprint density at radius 2 is 2.40 bits per heavy atom. The largest absolute Gasteiger partial charge is 0.353 e. The Labute approximate surface area is 87.9 Å². The lowest BCUT2D eigenvalue weighted by atomic mass is 10.2. The first kappa shape index (κ1) is 10.1. The minimum atomic E-state index is 0.0237. The molecule has 0 bridgehead atoms. The number of hydrogen-bond donors (Lipinski definition) is 3. The number of aromatic amines is 1. The van der Waals surface area contributed by atoms with Crippen molar-refractivity contribution < 1.29 is 4.79 Å². The van der Waals surface area contributed by atoms with Gasteiger partial charge in [-0.1, -0.05) is 6.92 Å². The average molecular weight is 209 g/mol. The van der Waals surface area contributed by atoms with Gasteiger partial charge in [0.15, 0.2) is 5.82 Å².